The Morgan fingerprint density at radius 3 is 2.69 bits per heavy atom. The number of para-hydroxylation sites is 1. The maximum Gasteiger partial charge on any atom is 0.283 e. The standard InChI is InChI=1S/C16H13N5O3S2/c1-10(22)17-11-5-4-6-12(9-11)18-15-19-20-16(26-15)25-14-8-3-2-7-13(14)21(23)24/h2-9H,1H3,(H,17,22)(H,18,19). The van der Waals surface area contributed by atoms with Gasteiger partial charge in [0.25, 0.3) is 5.69 Å². The van der Waals surface area contributed by atoms with Gasteiger partial charge in [-0.25, -0.2) is 0 Å². The van der Waals surface area contributed by atoms with Crippen molar-refractivity contribution in [3.8, 4) is 0 Å². The Hall–Kier alpha value is -2.98. The number of nitrogens with zero attached hydrogens (tertiary/aromatic N) is 3. The van der Waals surface area contributed by atoms with Gasteiger partial charge in [-0.05, 0) is 36.0 Å². The number of aromatic nitrogens is 2. The van der Waals surface area contributed by atoms with Gasteiger partial charge in [0.1, 0.15) is 0 Å². The first kappa shape index (κ1) is 17.8. The Morgan fingerprint density at radius 2 is 1.92 bits per heavy atom. The SMILES string of the molecule is CC(=O)Nc1cccc(Nc2nnc(Sc3ccccc3[N+](=O)[O-])s2)c1. The van der Waals surface area contributed by atoms with E-state index in [-0.39, 0.29) is 11.6 Å². The van der Waals surface area contributed by atoms with Crippen molar-refractivity contribution in [2.45, 2.75) is 16.2 Å². The lowest BCUT2D eigenvalue weighted by molar-refractivity contribution is -0.387. The van der Waals surface area contributed by atoms with Crippen LogP contribution in [0.4, 0.5) is 22.2 Å². The Bertz CT molecular complexity index is 960. The third-order valence-corrected chi connectivity index (χ3v) is 5.05. The second-order valence-electron chi connectivity index (χ2n) is 5.09. The predicted molar refractivity (Wildman–Crippen MR) is 101 cm³/mol. The molecule has 1 heterocycles. The number of rotatable bonds is 6. The Kier molecular flexibility index (Phi) is 5.44. The van der Waals surface area contributed by atoms with E-state index in [9.17, 15) is 14.9 Å². The van der Waals surface area contributed by atoms with Crippen molar-refractivity contribution in [1.82, 2.24) is 10.2 Å². The van der Waals surface area contributed by atoms with Crippen LogP contribution in [-0.2, 0) is 4.79 Å². The first-order valence-electron chi connectivity index (χ1n) is 7.41. The third-order valence-electron chi connectivity index (χ3n) is 3.10. The van der Waals surface area contributed by atoms with Gasteiger partial charge in [-0.1, -0.05) is 29.5 Å². The molecule has 1 aromatic heterocycles. The number of anilines is 3. The van der Waals surface area contributed by atoms with E-state index in [0.717, 1.165) is 5.69 Å². The zero-order valence-corrected chi connectivity index (χ0v) is 15.1. The van der Waals surface area contributed by atoms with Crippen LogP contribution in [0.25, 0.3) is 0 Å². The van der Waals surface area contributed by atoms with Crippen LogP contribution in [0.5, 0.6) is 0 Å². The Balaban J connectivity index is 1.73. The van der Waals surface area contributed by atoms with Crippen LogP contribution >= 0.6 is 23.1 Å². The molecular weight excluding hydrogens is 374 g/mol. The van der Waals surface area contributed by atoms with E-state index in [2.05, 4.69) is 20.8 Å². The van der Waals surface area contributed by atoms with Crippen molar-refractivity contribution in [3.05, 3.63) is 58.6 Å². The topological polar surface area (TPSA) is 110 Å². The summed E-state index contributed by atoms with van der Waals surface area (Å²) in [5.41, 5.74) is 1.45. The fourth-order valence-corrected chi connectivity index (χ4v) is 3.93. The minimum absolute atomic E-state index is 0.0326. The number of carbonyl (C=O) groups excluding carboxylic acids is 1. The normalized spacial score (nSPS) is 10.3. The molecule has 8 nitrogen and oxygen atoms in total. The van der Waals surface area contributed by atoms with Crippen LogP contribution in [-0.4, -0.2) is 21.0 Å². The summed E-state index contributed by atoms with van der Waals surface area (Å²) in [6.45, 7) is 1.44. The lowest BCUT2D eigenvalue weighted by Crippen LogP contribution is -2.05. The summed E-state index contributed by atoms with van der Waals surface area (Å²) in [6, 6.07) is 13.7. The minimum atomic E-state index is -0.421. The Morgan fingerprint density at radius 1 is 1.15 bits per heavy atom. The summed E-state index contributed by atoms with van der Waals surface area (Å²) in [4.78, 5) is 22.3. The van der Waals surface area contributed by atoms with Crippen molar-refractivity contribution < 1.29 is 9.72 Å². The molecule has 0 aliphatic rings. The first-order chi connectivity index (χ1) is 12.5. The van der Waals surface area contributed by atoms with Crippen LogP contribution in [0.2, 0.25) is 0 Å². The van der Waals surface area contributed by atoms with Gasteiger partial charge in [-0.3, -0.25) is 14.9 Å². The summed E-state index contributed by atoms with van der Waals surface area (Å²) in [5.74, 6) is -0.152. The van der Waals surface area contributed by atoms with E-state index in [1.165, 1.54) is 36.1 Å². The quantitative estimate of drug-likeness (QED) is 0.479. The number of nitrogens with one attached hydrogen (secondary N) is 2. The molecule has 0 saturated heterocycles. The summed E-state index contributed by atoms with van der Waals surface area (Å²) < 4.78 is 0.583. The predicted octanol–water partition coefficient (Wildman–Crippen LogP) is 4.30. The number of nitro groups is 1. The summed E-state index contributed by atoms with van der Waals surface area (Å²) in [5, 5.41) is 25.6. The van der Waals surface area contributed by atoms with E-state index in [1.54, 1.807) is 36.4 Å². The maximum atomic E-state index is 11.1. The highest BCUT2D eigenvalue weighted by Gasteiger charge is 2.16. The Labute approximate surface area is 156 Å². The molecule has 0 saturated carbocycles. The summed E-state index contributed by atoms with van der Waals surface area (Å²) >= 11 is 2.47. The van der Waals surface area contributed by atoms with Crippen LogP contribution in [0.1, 0.15) is 6.92 Å². The molecule has 0 unspecified atom stereocenters. The molecule has 0 aliphatic carbocycles. The van der Waals surface area contributed by atoms with Crippen molar-refractivity contribution in [2.75, 3.05) is 10.6 Å². The van der Waals surface area contributed by atoms with Crippen molar-refractivity contribution >= 4 is 51.2 Å². The molecule has 0 atom stereocenters. The molecule has 3 aromatic rings. The molecule has 0 bridgehead atoms. The highest BCUT2D eigenvalue weighted by molar-refractivity contribution is 8.01. The maximum absolute atomic E-state index is 11.1. The lowest BCUT2D eigenvalue weighted by Gasteiger charge is -2.05. The first-order valence-corrected chi connectivity index (χ1v) is 9.04. The zero-order chi connectivity index (χ0) is 18.5. The molecule has 2 N–H and O–H groups in total. The van der Waals surface area contributed by atoms with Crippen LogP contribution in [0, 0.1) is 10.1 Å². The number of hydrogen-bond acceptors (Lipinski definition) is 8. The van der Waals surface area contributed by atoms with E-state index in [0.29, 0.717) is 20.1 Å². The van der Waals surface area contributed by atoms with Crippen molar-refractivity contribution in [1.29, 1.82) is 0 Å². The minimum Gasteiger partial charge on any atom is -0.330 e. The van der Waals surface area contributed by atoms with Gasteiger partial charge < -0.3 is 10.6 Å². The van der Waals surface area contributed by atoms with Crippen LogP contribution < -0.4 is 10.6 Å². The second kappa shape index (κ2) is 7.93. The number of benzene rings is 2. The lowest BCUT2D eigenvalue weighted by atomic mass is 10.3. The average molecular weight is 387 g/mol. The number of carbonyl (C=O) groups is 1. The molecule has 3 rings (SSSR count). The number of hydrogen-bond donors (Lipinski definition) is 2. The largest absolute Gasteiger partial charge is 0.330 e. The molecular formula is C16H13N5O3S2. The van der Waals surface area contributed by atoms with Gasteiger partial charge in [0.15, 0.2) is 4.34 Å². The van der Waals surface area contributed by atoms with Gasteiger partial charge in [0.05, 0.1) is 9.82 Å². The third kappa shape index (κ3) is 4.55. The molecule has 26 heavy (non-hydrogen) atoms. The summed E-state index contributed by atoms with van der Waals surface area (Å²) in [6.07, 6.45) is 0. The zero-order valence-electron chi connectivity index (χ0n) is 13.5. The van der Waals surface area contributed by atoms with Crippen molar-refractivity contribution in [2.24, 2.45) is 0 Å². The monoisotopic (exact) mass is 387 g/mol. The fraction of sp³-hybridized carbons (Fsp3) is 0.0625. The van der Waals surface area contributed by atoms with Gasteiger partial charge in [0.2, 0.25) is 11.0 Å². The smallest absolute Gasteiger partial charge is 0.283 e. The molecule has 0 fully saturated rings. The molecule has 0 spiro atoms. The number of nitro benzene ring substituents is 1. The van der Waals surface area contributed by atoms with Crippen LogP contribution in [0.15, 0.2) is 57.8 Å². The van der Waals surface area contributed by atoms with Gasteiger partial charge in [-0.15, -0.1) is 10.2 Å². The molecule has 2 aromatic carbocycles. The second-order valence-corrected chi connectivity index (χ2v) is 7.35. The number of amides is 1. The molecule has 10 heteroatoms. The van der Waals surface area contributed by atoms with E-state index in [1.807, 2.05) is 6.07 Å². The highest BCUT2D eigenvalue weighted by atomic mass is 32.2. The van der Waals surface area contributed by atoms with Gasteiger partial charge in [0, 0.05) is 24.4 Å². The van der Waals surface area contributed by atoms with E-state index in [4.69, 9.17) is 0 Å². The molecule has 0 aliphatic heterocycles. The fourth-order valence-electron chi connectivity index (χ4n) is 2.09. The van der Waals surface area contributed by atoms with Gasteiger partial charge in [-0.2, -0.15) is 0 Å². The summed E-state index contributed by atoms with van der Waals surface area (Å²) in [7, 11) is 0. The van der Waals surface area contributed by atoms with Gasteiger partial charge >= 0.3 is 0 Å². The van der Waals surface area contributed by atoms with E-state index >= 15 is 0 Å². The highest BCUT2D eigenvalue weighted by Crippen LogP contribution is 2.37. The van der Waals surface area contributed by atoms with E-state index < -0.39 is 4.92 Å². The van der Waals surface area contributed by atoms with Crippen LogP contribution in [0.3, 0.4) is 0 Å². The van der Waals surface area contributed by atoms with Crippen molar-refractivity contribution in [3.63, 3.8) is 0 Å². The average Bonchev–Trinajstić information content (AvgIpc) is 3.02. The molecule has 0 radical (unpaired) electrons. The molecule has 1 amide bonds. The molecule has 132 valence electrons.